The third kappa shape index (κ3) is 2.90. The predicted molar refractivity (Wildman–Crippen MR) is 72.1 cm³/mol. The van der Waals surface area contributed by atoms with Crippen LogP contribution in [0.2, 0.25) is 0 Å². The summed E-state index contributed by atoms with van der Waals surface area (Å²) >= 11 is 0. The first-order valence-electron chi connectivity index (χ1n) is 5.95. The Morgan fingerprint density at radius 1 is 1.26 bits per heavy atom. The summed E-state index contributed by atoms with van der Waals surface area (Å²) in [5.74, 6) is -0.118. The van der Waals surface area contributed by atoms with Gasteiger partial charge >= 0.3 is 0 Å². The zero-order chi connectivity index (χ0) is 14.2. The first-order valence-corrected chi connectivity index (χ1v) is 7.80. The second-order valence-corrected chi connectivity index (χ2v) is 6.71. The van der Waals surface area contributed by atoms with E-state index in [2.05, 4.69) is 0 Å². The number of nitrogen functional groups attached to an aromatic ring is 1. The lowest BCUT2D eigenvalue weighted by atomic mass is 10.3. The van der Waals surface area contributed by atoms with Crippen molar-refractivity contribution in [3.8, 4) is 0 Å². The van der Waals surface area contributed by atoms with E-state index in [0.717, 1.165) is 0 Å². The van der Waals surface area contributed by atoms with Gasteiger partial charge in [-0.3, -0.25) is 4.79 Å². The van der Waals surface area contributed by atoms with E-state index in [0.29, 0.717) is 37.6 Å². The summed E-state index contributed by atoms with van der Waals surface area (Å²) in [6.07, 6.45) is 2.86. The predicted octanol–water partition coefficient (Wildman–Crippen LogP) is -0.675. The highest BCUT2D eigenvalue weighted by atomic mass is 32.2. The topological polar surface area (TPSA) is 88.6 Å². The number of nitrogens with two attached hydrogens (primary N) is 1. The van der Waals surface area contributed by atoms with Crippen LogP contribution in [0.15, 0.2) is 12.3 Å². The molecule has 0 saturated carbocycles. The fourth-order valence-corrected chi connectivity index (χ4v) is 3.01. The molecule has 1 aromatic rings. The number of anilines is 1. The van der Waals surface area contributed by atoms with Gasteiger partial charge in [0.15, 0.2) is 0 Å². The number of carbonyl (C=O) groups excluding carboxylic acids is 1. The number of aromatic nitrogens is 1. The number of aryl methyl sites for hydroxylation is 1. The fraction of sp³-hybridized carbons (Fsp3) is 0.545. The van der Waals surface area contributed by atoms with Crippen molar-refractivity contribution in [2.45, 2.75) is 0 Å². The molecule has 2 rings (SSSR count). The molecule has 0 aliphatic carbocycles. The van der Waals surface area contributed by atoms with Crippen LogP contribution in [0.5, 0.6) is 0 Å². The molecule has 2 N–H and O–H groups in total. The van der Waals surface area contributed by atoms with Crippen LogP contribution in [0.25, 0.3) is 0 Å². The Balaban J connectivity index is 2.06. The van der Waals surface area contributed by atoms with Gasteiger partial charge in [0.05, 0.1) is 11.9 Å². The molecule has 1 aliphatic rings. The molecule has 1 amide bonds. The Bertz CT molecular complexity index is 585. The van der Waals surface area contributed by atoms with Gasteiger partial charge in [0.2, 0.25) is 10.0 Å². The molecule has 1 fully saturated rings. The first kappa shape index (κ1) is 13.9. The zero-order valence-electron chi connectivity index (χ0n) is 11.0. The molecule has 1 aliphatic heterocycles. The van der Waals surface area contributed by atoms with Gasteiger partial charge in [0.1, 0.15) is 5.69 Å². The molecule has 106 valence electrons. The van der Waals surface area contributed by atoms with Crippen LogP contribution < -0.4 is 5.73 Å². The third-order valence-corrected chi connectivity index (χ3v) is 4.54. The second kappa shape index (κ2) is 4.86. The smallest absolute Gasteiger partial charge is 0.270 e. The molecular formula is C11H18N4O3S. The van der Waals surface area contributed by atoms with Crippen molar-refractivity contribution >= 4 is 21.6 Å². The van der Waals surface area contributed by atoms with Crippen LogP contribution in [-0.4, -0.2) is 60.5 Å². The van der Waals surface area contributed by atoms with Gasteiger partial charge in [-0.2, -0.15) is 4.31 Å². The lowest BCUT2D eigenvalue weighted by Crippen LogP contribution is -2.50. The van der Waals surface area contributed by atoms with E-state index in [1.165, 1.54) is 10.6 Å². The van der Waals surface area contributed by atoms with Crippen molar-refractivity contribution in [2.24, 2.45) is 7.05 Å². The Morgan fingerprint density at radius 2 is 1.84 bits per heavy atom. The molecule has 7 nitrogen and oxygen atoms in total. The maximum absolute atomic E-state index is 12.3. The largest absolute Gasteiger partial charge is 0.397 e. The molecule has 1 aromatic heterocycles. The van der Waals surface area contributed by atoms with Crippen molar-refractivity contribution in [3.63, 3.8) is 0 Å². The minimum atomic E-state index is -3.17. The SMILES string of the molecule is Cn1cc(N)cc1C(=O)N1CCN(S(C)(=O)=O)CC1. The summed E-state index contributed by atoms with van der Waals surface area (Å²) in [6.45, 7) is 1.48. The maximum Gasteiger partial charge on any atom is 0.270 e. The Labute approximate surface area is 112 Å². The molecule has 0 aromatic carbocycles. The Kier molecular flexibility index (Phi) is 3.55. The quantitative estimate of drug-likeness (QED) is 0.780. The molecule has 0 unspecified atom stereocenters. The van der Waals surface area contributed by atoms with Crippen LogP contribution in [0.4, 0.5) is 5.69 Å². The molecule has 1 saturated heterocycles. The molecule has 0 radical (unpaired) electrons. The number of piperazine rings is 1. The van der Waals surface area contributed by atoms with Crippen molar-refractivity contribution < 1.29 is 13.2 Å². The normalized spacial score (nSPS) is 17.7. The molecule has 19 heavy (non-hydrogen) atoms. The number of hydrogen-bond acceptors (Lipinski definition) is 4. The van der Waals surface area contributed by atoms with E-state index in [9.17, 15) is 13.2 Å². The van der Waals surface area contributed by atoms with E-state index in [1.807, 2.05) is 0 Å². The van der Waals surface area contributed by atoms with Crippen LogP contribution in [-0.2, 0) is 17.1 Å². The first-order chi connectivity index (χ1) is 8.79. The van der Waals surface area contributed by atoms with Crippen molar-refractivity contribution in [1.82, 2.24) is 13.8 Å². The summed E-state index contributed by atoms with van der Waals surface area (Å²) in [7, 11) is -1.41. The molecule has 0 bridgehead atoms. The van der Waals surface area contributed by atoms with Crippen LogP contribution in [0.3, 0.4) is 0 Å². The van der Waals surface area contributed by atoms with Crippen LogP contribution in [0.1, 0.15) is 10.5 Å². The minimum absolute atomic E-state index is 0.118. The maximum atomic E-state index is 12.3. The second-order valence-electron chi connectivity index (χ2n) is 4.72. The summed E-state index contributed by atoms with van der Waals surface area (Å²) < 4.78 is 25.9. The van der Waals surface area contributed by atoms with Gasteiger partial charge in [-0.15, -0.1) is 0 Å². The lowest BCUT2D eigenvalue weighted by molar-refractivity contribution is 0.0688. The van der Waals surface area contributed by atoms with Crippen LogP contribution in [0, 0.1) is 0 Å². The highest BCUT2D eigenvalue weighted by Crippen LogP contribution is 2.14. The van der Waals surface area contributed by atoms with E-state index < -0.39 is 10.0 Å². The molecular weight excluding hydrogens is 268 g/mol. The fourth-order valence-electron chi connectivity index (χ4n) is 2.19. The van der Waals surface area contributed by atoms with Crippen LogP contribution >= 0.6 is 0 Å². The number of rotatable bonds is 2. The average molecular weight is 286 g/mol. The lowest BCUT2D eigenvalue weighted by Gasteiger charge is -2.33. The summed E-state index contributed by atoms with van der Waals surface area (Å²) in [6, 6.07) is 1.63. The molecule has 2 heterocycles. The number of hydrogen-bond donors (Lipinski definition) is 1. The summed E-state index contributed by atoms with van der Waals surface area (Å²) in [5, 5.41) is 0. The highest BCUT2D eigenvalue weighted by molar-refractivity contribution is 7.88. The van der Waals surface area contributed by atoms with Crippen molar-refractivity contribution in [1.29, 1.82) is 0 Å². The van der Waals surface area contributed by atoms with Crippen molar-refractivity contribution in [3.05, 3.63) is 18.0 Å². The van der Waals surface area contributed by atoms with Gasteiger partial charge in [-0.05, 0) is 6.07 Å². The number of sulfonamides is 1. The molecule has 0 atom stereocenters. The van der Waals surface area contributed by atoms with Gasteiger partial charge in [0.25, 0.3) is 5.91 Å². The highest BCUT2D eigenvalue weighted by Gasteiger charge is 2.27. The monoisotopic (exact) mass is 286 g/mol. The van der Waals surface area contributed by atoms with Crippen molar-refractivity contribution in [2.75, 3.05) is 38.2 Å². The Hall–Kier alpha value is -1.54. The van der Waals surface area contributed by atoms with Gasteiger partial charge in [0, 0.05) is 39.4 Å². The number of amides is 1. The zero-order valence-corrected chi connectivity index (χ0v) is 11.9. The standard InChI is InChI=1S/C11H18N4O3S/c1-13-8-9(12)7-10(13)11(16)14-3-5-15(6-4-14)19(2,17)18/h7-8H,3-6,12H2,1-2H3. The van der Waals surface area contributed by atoms with Gasteiger partial charge in [-0.25, -0.2) is 8.42 Å². The Morgan fingerprint density at radius 3 is 2.26 bits per heavy atom. The van der Waals surface area contributed by atoms with E-state index in [4.69, 9.17) is 5.73 Å². The van der Waals surface area contributed by atoms with E-state index in [-0.39, 0.29) is 5.91 Å². The molecule has 8 heteroatoms. The third-order valence-electron chi connectivity index (χ3n) is 3.24. The number of carbonyl (C=O) groups is 1. The number of nitrogens with zero attached hydrogens (tertiary/aromatic N) is 3. The van der Waals surface area contributed by atoms with Gasteiger partial charge < -0.3 is 15.2 Å². The van der Waals surface area contributed by atoms with E-state index >= 15 is 0 Å². The minimum Gasteiger partial charge on any atom is -0.397 e. The summed E-state index contributed by atoms with van der Waals surface area (Å²) in [5.41, 5.74) is 6.71. The summed E-state index contributed by atoms with van der Waals surface area (Å²) in [4.78, 5) is 13.9. The van der Waals surface area contributed by atoms with E-state index in [1.54, 1.807) is 28.8 Å². The molecule has 0 spiro atoms. The average Bonchev–Trinajstić information content (AvgIpc) is 2.66. The van der Waals surface area contributed by atoms with Gasteiger partial charge in [-0.1, -0.05) is 0 Å².